The number of rotatable bonds is 4. The van der Waals surface area contributed by atoms with E-state index in [0.29, 0.717) is 5.69 Å². The van der Waals surface area contributed by atoms with Gasteiger partial charge in [0.1, 0.15) is 5.92 Å². The van der Waals surface area contributed by atoms with E-state index in [1.165, 1.54) is 25.1 Å². The van der Waals surface area contributed by atoms with Crippen LogP contribution in [0.1, 0.15) is 6.92 Å². The van der Waals surface area contributed by atoms with Crippen molar-refractivity contribution in [3.63, 3.8) is 0 Å². The molecule has 21 heavy (non-hydrogen) atoms. The average Bonchev–Trinajstić information content (AvgIpc) is 2.55. The molecule has 0 saturated carbocycles. The zero-order valence-corrected chi connectivity index (χ0v) is 12.7. The predicted octanol–water partition coefficient (Wildman–Crippen LogP) is 0.730. The first-order valence-electron chi connectivity index (χ1n) is 6.16. The SMILES string of the molecule is C[C@H]1C(=O)Nc2ccc(S(=O)(=O)NCCCl)cc2NC1=O. The van der Waals surface area contributed by atoms with Crippen LogP contribution in [-0.2, 0) is 19.6 Å². The topological polar surface area (TPSA) is 104 Å². The number of carbonyl (C=O) groups is 2. The van der Waals surface area contributed by atoms with Crippen LogP contribution in [0.15, 0.2) is 23.1 Å². The highest BCUT2D eigenvalue weighted by molar-refractivity contribution is 7.89. The van der Waals surface area contributed by atoms with E-state index in [1.54, 1.807) is 0 Å². The molecule has 1 aliphatic heterocycles. The van der Waals surface area contributed by atoms with Crippen molar-refractivity contribution in [3.8, 4) is 0 Å². The standard InChI is InChI=1S/C12H14ClN3O4S/c1-7-11(17)15-9-3-2-8(6-10(9)16-12(7)18)21(19,20)14-5-4-13/h2-3,6-7,14H,4-5H2,1H3,(H,15,17)(H,16,18)/t7-/m0/s1. The molecule has 1 heterocycles. The molecule has 0 radical (unpaired) electrons. The quantitative estimate of drug-likeness (QED) is 0.559. The van der Waals surface area contributed by atoms with Gasteiger partial charge in [0.25, 0.3) is 0 Å². The Morgan fingerprint density at radius 2 is 1.81 bits per heavy atom. The van der Waals surface area contributed by atoms with Gasteiger partial charge in [0, 0.05) is 12.4 Å². The van der Waals surface area contributed by atoms with Crippen LogP contribution in [0.3, 0.4) is 0 Å². The lowest BCUT2D eigenvalue weighted by atomic mass is 10.1. The number of hydrogen-bond donors (Lipinski definition) is 3. The summed E-state index contributed by atoms with van der Waals surface area (Å²) in [6.45, 7) is 1.57. The van der Waals surface area contributed by atoms with Gasteiger partial charge in [0.15, 0.2) is 0 Å². The number of benzene rings is 1. The second-order valence-corrected chi connectivity index (χ2v) is 6.64. The van der Waals surface area contributed by atoms with E-state index in [0.717, 1.165) is 0 Å². The van der Waals surface area contributed by atoms with Crippen molar-refractivity contribution in [2.45, 2.75) is 11.8 Å². The van der Waals surface area contributed by atoms with E-state index in [1.807, 2.05) is 0 Å². The molecule has 3 N–H and O–H groups in total. The molecule has 0 aromatic heterocycles. The van der Waals surface area contributed by atoms with Crippen molar-refractivity contribution >= 4 is 44.8 Å². The van der Waals surface area contributed by atoms with Crippen molar-refractivity contribution in [2.75, 3.05) is 23.1 Å². The number of nitrogens with one attached hydrogen (secondary N) is 3. The van der Waals surface area contributed by atoms with Gasteiger partial charge in [-0.15, -0.1) is 11.6 Å². The van der Waals surface area contributed by atoms with E-state index < -0.39 is 27.8 Å². The molecule has 1 aliphatic rings. The number of alkyl halides is 1. The van der Waals surface area contributed by atoms with Gasteiger partial charge in [-0.3, -0.25) is 9.59 Å². The molecule has 0 aliphatic carbocycles. The van der Waals surface area contributed by atoms with Gasteiger partial charge in [0.05, 0.1) is 16.3 Å². The summed E-state index contributed by atoms with van der Waals surface area (Å²) in [4.78, 5) is 23.4. The minimum absolute atomic E-state index is 0.0181. The molecule has 2 rings (SSSR count). The average molecular weight is 332 g/mol. The molecule has 1 aromatic rings. The second-order valence-electron chi connectivity index (χ2n) is 4.49. The van der Waals surface area contributed by atoms with Gasteiger partial charge >= 0.3 is 0 Å². The molecular weight excluding hydrogens is 318 g/mol. The number of sulfonamides is 1. The first-order chi connectivity index (χ1) is 9.85. The van der Waals surface area contributed by atoms with Crippen LogP contribution in [-0.4, -0.2) is 32.7 Å². The summed E-state index contributed by atoms with van der Waals surface area (Å²) in [5, 5.41) is 5.10. The van der Waals surface area contributed by atoms with Crippen LogP contribution in [0, 0.1) is 5.92 Å². The van der Waals surface area contributed by atoms with E-state index >= 15 is 0 Å². The molecule has 2 amide bonds. The summed E-state index contributed by atoms with van der Waals surface area (Å²) in [5.41, 5.74) is 0.598. The molecule has 7 nitrogen and oxygen atoms in total. The normalized spacial score (nSPS) is 18.5. The summed E-state index contributed by atoms with van der Waals surface area (Å²) in [6.07, 6.45) is 0. The first kappa shape index (κ1) is 15.7. The molecule has 0 saturated heterocycles. The zero-order chi connectivity index (χ0) is 15.6. The lowest BCUT2D eigenvalue weighted by molar-refractivity contribution is -0.128. The van der Waals surface area contributed by atoms with Crippen molar-refractivity contribution < 1.29 is 18.0 Å². The maximum absolute atomic E-state index is 12.0. The number of halogens is 1. The van der Waals surface area contributed by atoms with Gasteiger partial charge in [-0.05, 0) is 25.1 Å². The minimum Gasteiger partial charge on any atom is -0.324 e. The molecule has 9 heteroatoms. The fourth-order valence-electron chi connectivity index (χ4n) is 1.76. The summed E-state index contributed by atoms with van der Waals surface area (Å²) in [7, 11) is -3.71. The third-order valence-corrected chi connectivity index (χ3v) is 4.64. The van der Waals surface area contributed by atoms with E-state index in [9.17, 15) is 18.0 Å². The maximum atomic E-state index is 12.0. The third kappa shape index (κ3) is 3.34. The lowest BCUT2D eigenvalue weighted by Gasteiger charge is -2.10. The molecule has 1 atom stereocenters. The van der Waals surface area contributed by atoms with Crippen molar-refractivity contribution in [2.24, 2.45) is 5.92 Å². The Hall–Kier alpha value is -1.64. The van der Waals surface area contributed by atoms with Gasteiger partial charge in [-0.25, -0.2) is 13.1 Å². The van der Waals surface area contributed by atoms with Gasteiger partial charge < -0.3 is 10.6 Å². The third-order valence-electron chi connectivity index (χ3n) is 2.99. The molecule has 1 aromatic carbocycles. The molecule has 0 spiro atoms. The largest absolute Gasteiger partial charge is 0.324 e. The molecule has 0 fully saturated rings. The predicted molar refractivity (Wildman–Crippen MR) is 78.8 cm³/mol. The number of carbonyl (C=O) groups excluding carboxylic acids is 2. The number of anilines is 2. The van der Waals surface area contributed by atoms with Crippen LogP contribution < -0.4 is 15.4 Å². The first-order valence-corrected chi connectivity index (χ1v) is 8.18. The molecule has 0 bridgehead atoms. The maximum Gasteiger partial charge on any atom is 0.240 e. The van der Waals surface area contributed by atoms with E-state index in [-0.39, 0.29) is 23.0 Å². The minimum atomic E-state index is -3.71. The van der Waals surface area contributed by atoms with Gasteiger partial charge in [-0.1, -0.05) is 0 Å². The number of amides is 2. The summed E-state index contributed by atoms with van der Waals surface area (Å²) in [5.74, 6) is -1.64. The van der Waals surface area contributed by atoms with Crippen molar-refractivity contribution in [3.05, 3.63) is 18.2 Å². The Balaban J connectivity index is 2.38. The Labute approximate surface area is 127 Å². The highest BCUT2D eigenvalue weighted by Gasteiger charge is 2.27. The van der Waals surface area contributed by atoms with E-state index in [2.05, 4.69) is 15.4 Å². The Bertz CT molecular complexity index is 690. The fourth-order valence-corrected chi connectivity index (χ4v) is 3.02. The molecule has 0 unspecified atom stereocenters. The fraction of sp³-hybridized carbons (Fsp3) is 0.333. The molecule has 114 valence electrons. The van der Waals surface area contributed by atoms with Gasteiger partial charge in [-0.2, -0.15) is 0 Å². The van der Waals surface area contributed by atoms with Gasteiger partial charge in [0.2, 0.25) is 21.8 Å². The summed E-state index contributed by atoms with van der Waals surface area (Å²) >= 11 is 5.45. The summed E-state index contributed by atoms with van der Waals surface area (Å²) in [6, 6.07) is 4.07. The lowest BCUT2D eigenvalue weighted by Crippen LogP contribution is -2.28. The van der Waals surface area contributed by atoms with Crippen LogP contribution in [0.4, 0.5) is 11.4 Å². The second kappa shape index (κ2) is 6.00. The number of fused-ring (bicyclic) bond motifs is 1. The smallest absolute Gasteiger partial charge is 0.240 e. The number of hydrogen-bond acceptors (Lipinski definition) is 4. The molecular formula is C12H14ClN3O4S. The Morgan fingerprint density at radius 1 is 1.19 bits per heavy atom. The van der Waals surface area contributed by atoms with Crippen molar-refractivity contribution in [1.82, 2.24) is 4.72 Å². The Kier molecular flexibility index (Phi) is 4.50. The van der Waals surface area contributed by atoms with Crippen LogP contribution in [0.5, 0.6) is 0 Å². The van der Waals surface area contributed by atoms with Crippen molar-refractivity contribution in [1.29, 1.82) is 0 Å². The summed E-state index contributed by atoms with van der Waals surface area (Å²) < 4.78 is 26.3. The Morgan fingerprint density at radius 3 is 2.43 bits per heavy atom. The zero-order valence-electron chi connectivity index (χ0n) is 11.1. The van der Waals surface area contributed by atoms with Crippen LogP contribution >= 0.6 is 11.6 Å². The van der Waals surface area contributed by atoms with E-state index in [4.69, 9.17) is 11.6 Å². The highest BCUT2D eigenvalue weighted by Crippen LogP contribution is 2.28. The monoisotopic (exact) mass is 331 g/mol. The highest BCUT2D eigenvalue weighted by atomic mass is 35.5. The van der Waals surface area contributed by atoms with Crippen LogP contribution in [0.2, 0.25) is 0 Å². The van der Waals surface area contributed by atoms with Crippen LogP contribution in [0.25, 0.3) is 0 Å².